The third kappa shape index (κ3) is 4.27. The smallest absolute Gasteiger partial charge is 0.242 e. The summed E-state index contributed by atoms with van der Waals surface area (Å²) in [5, 5.41) is 1.08. The average molecular weight is 450 g/mol. The van der Waals surface area contributed by atoms with Gasteiger partial charge in [0.1, 0.15) is 6.54 Å². The van der Waals surface area contributed by atoms with Crippen LogP contribution in [0.3, 0.4) is 0 Å². The normalized spacial score (nSPS) is 16.2. The third-order valence-corrected chi connectivity index (χ3v) is 7.21. The second kappa shape index (κ2) is 9.38. The molecule has 0 atom stereocenters. The van der Waals surface area contributed by atoms with E-state index < -0.39 is 0 Å². The number of nitrogens with zero attached hydrogens (tertiary/aromatic N) is 3. The van der Waals surface area contributed by atoms with Gasteiger partial charge in [0, 0.05) is 47.3 Å². The van der Waals surface area contributed by atoms with Crippen LogP contribution in [-0.2, 0) is 27.3 Å². The number of thioether (sulfide) groups is 1. The van der Waals surface area contributed by atoms with Gasteiger partial charge in [-0.05, 0) is 30.5 Å². The van der Waals surface area contributed by atoms with E-state index in [9.17, 15) is 9.59 Å². The number of rotatable bonds is 5. The first-order valence-electron chi connectivity index (χ1n) is 11.1. The molecule has 2 aliphatic heterocycles. The van der Waals surface area contributed by atoms with Gasteiger partial charge in [0.25, 0.3) is 0 Å². The van der Waals surface area contributed by atoms with Gasteiger partial charge < -0.3 is 19.1 Å². The molecule has 0 bridgehead atoms. The van der Waals surface area contributed by atoms with Crippen LogP contribution in [-0.4, -0.2) is 59.9 Å². The third-order valence-electron chi connectivity index (χ3n) is 6.18. The molecule has 1 fully saturated rings. The number of fused-ring (bicyclic) bond motifs is 2. The predicted octanol–water partition coefficient (Wildman–Crippen LogP) is 3.57. The standard InChI is InChI=1S/C25H27N3O3S/c29-24(26-12-14-31-15-13-26)17-27-16-23(20-8-2-4-10-22(20)27)32-18-25(30)28-11-5-7-19-6-1-3-9-21(19)28/h1-4,6,8-10,16H,5,7,11-15,17-18H2. The van der Waals surface area contributed by atoms with E-state index in [1.54, 1.807) is 11.8 Å². The summed E-state index contributed by atoms with van der Waals surface area (Å²) in [7, 11) is 0. The van der Waals surface area contributed by atoms with Crippen LogP contribution in [0.4, 0.5) is 5.69 Å². The Kier molecular flexibility index (Phi) is 6.19. The Morgan fingerprint density at radius 2 is 1.72 bits per heavy atom. The quantitative estimate of drug-likeness (QED) is 0.559. The summed E-state index contributed by atoms with van der Waals surface area (Å²) in [5.74, 6) is 0.606. The number of anilines is 1. The lowest BCUT2D eigenvalue weighted by Crippen LogP contribution is -2.42. The molecule has 2 aromatic carbocycles. The van der Waals surface area contributed by atoms with Gasteiger partial charge in [0.15, 0.2) is 0 Å². The molecule has 5 rings (SSSR count). The summed E-state index contributed by atoms with van der Waals surface area (Å²) in [6, 6.07) is 16.3. The molecule has 1 saturated heterocycles. The molecule has 32 heavy (non-hydrogen) atoms. The molecule has 6 nitrogen and oxygen atoms in total. The topological polar surface area (TPSA) is 54.8 Å². The van der Waals surface area contributed by atoms with Crippen LogP contribution in [0, 0.1) is 0 Å². The number of carbonyl (C=O) groups is 2. The van der Waals surface area contributed by atoms with E-state index in [-0.39, 0.29) is 11.8 Å². The summed E-state index contributed by atoms with van der Waals surface area (Å²) in [4.78, 5) is 30.7. The molecule has 0 saturated carbocycles. The lowest BCUT2D eigenvalue weighted by atomic mass is 10.0. The summed E-state index contributed by atoms with van der Waals surface area (Å²) >= 11 is 1.55. The maximum Gasteiger partial charge on any atom is 0.242 e. The fourth-order valence-corrected chi connectivity index (χ4v) is 5.49. The number of hydrogen-bond acceptors (Lipinski definition) is 4. The van der Waals surface area contributed by atoms with Crippen molar-refractivity contribution in [2.24, 2.45) is 0 Å². The van der Waals surface area contributed by atoms with E-state index in [0.29, 0.717) is 38.6 Å². The zero-order chi connectivity index (χ0) is 21.9. The van der Waals surface area contributed by atoms with E-state index in [1.807, 2.05) is 57.0 Å². The molecule has 0 aliphatic carbocycles. The highest BCUT2D eigenvalue weighted by molar-refractivity contribution is 8.00. The van der Waals surface area contributed by atoms with Crippen molar-refractivity contribution in [1.29, 1.82) is 0 Å². The second-order valence-electron chi connectivity index (χ2n) is 8.20. The van der Waals surface area contributed by atoms with Gasteiger partial charge in [-0.15, -0.1) is 11.8 Å². The van der Waals surface area contributed by atoms with Gasteiger partial charge in [-0.25, -0.2) is 0 Å². The predicted molar refractivity (Wildman–Crippen MR) is 127 cm³/mol. The Labute approximate surface area is 192 Å². The molecule has 166 valence electrons. The summed E-state index contributed by atoms with van der Waals surface area (Å²) < 4.78 is 7.37. The van der Waals surface area contributed by atoms with Crippen molar-refractivity contribution in [1.82, 2.24) is 9.47 Å². The van der Waals surface area contributed by atoms with Crippen LogP contribution in [0.5, 0.6) is 0 Å². The Hall–Kier alpha value is -2.77. The Morgan fingerprint density at radius 1 is 0.938 bits per heavy atom. The van der Waals surface area contributed by atoms with Crippen LogP contribution in [0.1, 0.15) is 12.0 Å². The zero-order valence-electron chi connectivity index (χ0n) is 18.0. The Morgan fingerprint density at radius 3 is 2.59 bits per heavy atom. The van der Waals surface area contributed by atoms with Crippen molar-refractivity contribution in [2.75, 3.05) is 43.5 Å². The lowest BCUT2D eigenvalue weighted by molar-refractivity contribution is -0.135. The van der Waals surface area contributed by atoms with Crippen LogP contribution in [0.2, 0.25) is 0 Å². The minimum Gasteiger partial charge on any atom is -0.378 e. The van der Waals surface area contributed by atoms with Gasteiger partial charge >= 0.3 is 0 Å². The minimum absolute atomic E-state index is 0.103. The number of para-hydroxylation sites is 2. The first-order valence-corrected chi connectivity index (χ1v) is 12.1. The molecule has 3 heterocycles. The van der Waals surface area contributed by atoms with Crippen molar-refractivity contribution >= 4 is 40.2 Å². The van der Waals surface area contributed by atoms with Crippen LogP contribution in [0.25, 0.3) is 10.9 Å². The maximum absolute atomic E-state index is 13.1. The number of benzene rings is 2. The lowest BCUT2D eigenvalue weighted by Gasteiger charge is -2.29. The van der Waals surface area contributed by atoms with Crippen molar-refractivity contribution in [2.45, 2.75) is 24.3 Å². The highest BCUT2D eigenvalue weighted by Gasteiger charge is 2.23. The fraction of sp³-hybridized carbons (Fsp3) is 0.360. The van der Waals surface area contributed by atoms with Crippen molar-refractivity contribution < 1.29 is 14.3 Å². The number of aromatic nitrogens is 1. The summed E-state index contributed by atoms with van der Waals surface area (Å²) in [5.41, 5.74) is 3.31. The van der Waals surface area contributed by atoms with Gasteiger partial charge in [0.2, 0.25) is 11.8 Å². The molecule has 3 aromatic rings. The SMILES string of the molecule is O=C(Cn1cc(SCC(=O)N2CCCc3ccccc32)c2ccccc21)N1CCOCC1. The minimum atomic E-state index is 0.103. The molecular weight excluding hydrogens is 422 g/mol. The van der Waals surface area contributed by atoms with Crippen LogP contribution >= 0.6 is 11.8 Å². The highest BCUT2D eigenvalue weighted by Crippen LogP contribution is 2.32. The van der Waals surface area contributed by atoms with Crippen LogP contribution < -0.4 is 4.90 Å². The van der Waals surface area contributed by atoms with E-state index in [4.69, 9.17) is 4.74 Å². The van der Waals surface area contributed by atoms with Gasteiger partial charge in [-0.3, -0.25) is 9.59 Å². The van der Waals surface area contributed by atoms with Gasteiger partial charge in [0.05, 0.1) is 19.0 Å². The Bertz CT molecular complexity index is 1140. The maximum atomic E-state index is 13.1. The molecular formula is C25H27N3O3S. The van der Waals surface area contributed by atoms with Gasteiger partial charge in [-0.2, -0.15) is 0 Å². The molecule has 0 N–H and O–H groups in total. The Balaban J connectivity index is 1.32. The summed E-state index contributed by atoms with van der Waals surface area (Å²) in [6.07, 6.45) is 4.04. The zero-order valence-corrected chi connectivity index (χ0v) is 18.9. The second-order valence-corrected chi connectivity index (χ2v) is 9.22. The molecule has 2 aliphatic rings. The van der Waals surface area contributed by atoms with Crippen LogP contribution in [0.15, 0.2) is 59.6 Å². The first kappa shape index (κ1) is 21.1. The fourth-order valence-electron chi connectivity index (χ4n) is 4.53. The number of hydrogen-bond donors (Lipinski definition) is 0. The van der Waals surface area contributed by atoms with E-state index in [2.05, 4.69) is 12.1 Å². The largest absolute Gasteiger partial charge is 0.378 e. The van der Waals surface area contributed by atoms with E-state index in [1.165, 1.54) is 5.56 Å². The van der Waals surface area contributed by atoms with Crippen molar-refractivity contribution in [3.63, 3.8) is 0 Å². The number of aryl methyl sites for hydroxylation is 1. The van der Waals surface area contributed by atoms with Crippen molar-refractivity contribution in [3.05, 3.63) is 60.3 Å². The monoisotopic (exact) mass is 449 g/mol. The number of morpholine rings is 1. The highest BCUT2D eigenvalue weighted by atomic mass is 32.2. The first-order chi connectivity index (χ1) is 15.7. The number of amides is 2. The molecule has 0 unspecified atom stereocenters. The van der Waals surface area contributed by atoms with Gasteiger partial charge in [-0.1, -0.05) is 36.4 Å². The molecule has 7 heteroatoms. The summed E-state index contributed by atoms with van der Waals surface area (Å²) in [6.45, 7) is 3.56. The number of ether oxygens (including phenoxy) is 1. The molecule has 0 radical (unpaired) electrons. The van der Waals surface area contributed by atoms with Crippen molar-refractivity contribution in [3.8, 4) is 0 Å². The molecule has 2 amide bonds. The molecule has 1 aromatic heterocycles. The number of carbonyl (C=O) groups excluding carboxylic acids is 2. The van der Waals surface area contributed by atoms with E-state index in [0.717, 1.165) is 40.9 Å². The average Bonchev–Trinajstić information content (AvgIpc) is 3.20. The van der Waals surface area contributed by atoms with E-state index >= 15 is 0 Å². The molecule has 0 spiro atoms.